The van der Waals surface area contributed by atoms with Crippen LogP contribution in [0.15, 0.2) is 46.9 Å². The van der Waals surface area contributed by atoms with Gasteiger partial charge in [0.1, 0.15) is 40.4 Å². The first-order valence-corrected chi connectivity index (χ1v) is 13.5. The van der Waals surface area contributed by atoms with Gasteiger partial charge in [0.25, 0.3) is 0 Å². The van der Waals surface area contributed by atoms with Crippen molar-refractivity contribution < 1.29 is 13.6 Å². The van der Waals surface area contributed by atoms with Crippen molar-refractivity contribution in [2.24, 2.45) is 17.0 Å². The van der Waals surface area contributed by atoms with Crippen molar-refractivity contribution in [3.05, 3.63) is 53.1 Å². The maximum absolute atomic E-state index is 13.5. The molecule has 1 aromatic heterocycles. The highest BCUT2D eigenvalue weighted by Gasteiger charge is 2.35. The van der Waals surface area contributed by atoms with E-state index in [2.05, 4.69) is 39.1 Å². The molecule has 0 unspecified atom stereocenters. The van der Waals surface area contributed by atoms with Gasteiger partial charge < -0.3 is 20.0 Å². The minimum atomic E-state index is -2.73. The molecule has 1 saturated carbocycles. The summed E-state index contributed by atoms with van der Waals surface area (Å²) in [5.41, 5.74) is 3.45. The van der Waals surface area contributed by atoms with E-state index >= 15 is 0 Å². The minimum Gasteiger partial charge on any atom is -0.390 e. The van der Waals surface area contributed by atoms with Crippen LogP contribution < -0.4 is 10.2 Å². The number of oxime groups is 1. The summed E-state index contributed by atoms with van der Waals surface area (Å²) in [5.74, 6) is -0.0565. The Bertz CT molecular complexity index is 1290. The normalized spacial score (nSPS) is 20.3. The lowest BCUT2D eigenvalue weighted by Gasteiger charge is -2.40. The zero-order chi connectivity index (χ0) is 29.8. The summed E-state index contributed by atoms with van der Waals surface area (Å²) in [4.78, 5) is 14.2. The first kappa shape index (κ1) is 30.6. The van der Waals surface area contributed by atoms with Crippen LogP contribution in [0.5, 0.6) is 0 Å². The maximum atomic E-state index is 13.5. The van der Waals surface area contributed by atoms with Gasteiger partial charge in [0.2, 0.25) is 0 Å². The maximum Gasteiger partial charge on any atom is 0.313 e. The summed E-state index contributed by atoms with van der Waals surface area (Å²) in [5, 5.41) is 26.2. The Kier molecular flexibility index (Phi) is 9.57. The van der Waals surface area contributed by atoms with Gasteiger partial charge in [-0.1, -0.05) is 31.7 Å². The molecule has 10 heteroatoms. The lowest BCUT2D eigenvalue weighted by Crippen LogP contribution is -2.39. The van der Waals surface area contributed by atoms with Crippen LogP contribution in [-0.4, -0.2) is 47.9 Å². The topological polar surface area (TPSA) is 101 Å². The van der Waals surface area contributed by atoms with Crippen molar-refractivity contribution in [2.75, 3.05) is 19.0 Å². The molecule has 3 rings (SSSR count). The Morgan fingerprint density at radius 2 is 1.88 bits per heavy atom. The van der Waals surface area contributed by atoms with Crippen molar-refractivity contribution in [3.63, 3.8) is 0 Å². The van der Waals surface area contributed by atoms with Gasteiger partial charge in [0.15, 0.2) is 0 Å². The van der Waals surface area contributed by atoms with Gasteiger partial charge in [0, 0.05) is 26.1 Å². The molecule has 40 heavy (non-hydrogen) atoms. The van der Waals surface area contributed by atoms with Gasteiger partial charge in [-0.25, -0.2) is 4.98 Å². The summed E-state index contributed by atoms with van der Waals surface area (Å²) in [6, 6.07) is 7.91. The van der Waals surface area contributed by atoms with Crippen LogP contribution in [0.3, 0.4) is 0 Å². The highest BCUT2D eigenvalue weighted by Crippen LogP contribution is 2.41. The number of nitrogens with one attached hydrogen (secondary N) is 1. The lowest BCUT2D eigenvalue weighted by atomic mass is 9.81. The number of fused-ring (bicyclic) bond motifs is 1. The first-order valence-electron chi connectivity index (χ1n) is 13.5. The molecule has 2 aliphatic rings. The number of allylic oxidation sites excluding steroid dienone is 3. The van der Waals surface area contributed by atoms with E-state index in [1.54, 1.807) is 12.1 Å². The molecule has 1 aromatic rings. The quantitative estimate of drug-likeness (QED) is 0.234. The molecule has 0 radical (unpaired) electrons. The Morgan fingerprint density at radius 3 is 2.40 bits per heavy atom. The summed E-state index contributed by atoms with van der Waals surface area (Å²) in [6.45, 7) is 10.9. The highest BCUT2D eigenvalue weighted by atomic mass is 19.3. The van der Waals surface area contributed by atoms with Gasteiger partial charge >= 0.3 is 6.55 Å². The van der Waals surface area contributed by atoms with Crippen LogP contribution in [0.2, 0.25) is 0 Å². The standard InChI is InChI=1S/C30H39F2N7O/c1-18(2)15-24(36-29(31)32)26(37-40-30(4,5)6)20-9-12-22(13-10-20)39(8)28-23(17-34)19(3)38(7)25-14-11-21(16-33)35-27(25)28/h11,14-15,18,20,22,29,36H,3,9-10,12-13H2,1-2,4-8H3/b24-15-,37-26-. The molecule has 8 nitrogen and oxygen atoms in total. The number of pyridine rings is 1. The number of hydrogen-bond donors (Lipinski definition) is 1. The fourth-order valence-electron chi connectivity index (χ4n) is 5.10. The van der Waals surface area contributed by atoms with Gasteiger partial charge in [-0.15, -0.1) is 0 Å². The molecule has 0 atom stereocenters. The van der Waals surface area contributed by atoms with Gasteiger partial charge in [-0.2, -0.15) is 19.3 Å². The van der Waals surface area contributed by atoms with Crippen molar-refractivity contribution in [2.45, 2.75) is 78.5 Å². The van der Waals surface area contributed by atoms with Gasteiger partial charge in [0.05, 0.1) is 22.8 Å². The van der Waals surface area contributed by atoms with E-state index in [1.165, 1.54) is 0 Å². The molecule has 1 fully saturated rings. The highest BCUT2D eigenvalue weighted by molar-refractivity contribution is 6.01. The number of likely N-dealkylation sites (N-methyl/N-ethyl adjacent to an activating group) is 1. The molecule has 2 heterocycles. The van der Waals surface area contributed by atoms with E-state index in [-0.39, 0.29) is 23.6 Å². The molecule has 0 spiro atoms. The number of anilines is 1. The van der Waals surface area contributed by atoms with Crippen LogP contribution in [-0.2, 0) is 4.84 Å². The Morgan fingerprint density at radius 1 is 1.23 bits per heavy atom. The fraction of sp³-hybridized carbons (Fsp3) is 0.533. The predicted molar refractivity (Wildman–Crippen MR) is 153 cm³/mol. The second-order valence-corrected chi connectivity index (χ2v) is 11.6. The number of alkyl halides is 2. The third kappa shape index (κ3) is 6.98. The largest absolute Gasteiger partial charge is 0.390 e. The third-order valence-corrected chi connectivity index (χ3v) is 7.06. The van der Waals surface area contributed by atoms with Crippen molar-refractivity contribution in [3.8, 4) is 12.1 Å². The second-order valence-electron chi connectivity index (χ2n) is 11.6. The van der Waals surface area contributed by atoms with Crippen LogP contribution in [0.25, 0.3) is 5.70 Å². The van der Waals surface area contributed by atoms with E-state index in [1.807, 2.05) is 59.7 Å². The molecule has 214 valence electrons. The monoisotopic (exact) mass is 551 g/mol. The summed E-state index contributed by atoms with van der Waals surface area (Å²) in [7, 11) is 3.76. The number of halogens is 2. The first-order chi connectivity index (χ1) is 18.8. The number of nitriles is 2. The number of nitrogens with zero attached hydrogens (tertiary/aromatic N) is 6. The Labute approximate surface area is 236 Å². The molecule has 0 aromatic carbocycles. The molecule has 1 aliphatic carbocycles. The van der Waals surface area contributed by atoms with Crippen LogP contribution >= 0.6 is 0 Å². The molecular formula is C30H39F2N7O. The average molecular weight is 552 g/mol. The lowest BCUT2D eigenvalue weighted by molar-refractivity contribution is -0.000366. The number of aromatic nitrogens is 1. The van der Waals surface area contributed by atoms with E-state index in [0.717, 1.165) is 18.5 Å². The third-order valence-electron chi connectivity index (χ3n) is 7.06. The van der Waals surface area contributed by atoms with Crippen LogP contribution in [0.4, 0.5) is 14.5 Å². The molecule has 0 bridgehead atoms. The van der Waals surface area contributed by atoms with Crippen LogP contribution in [0, 0.1) is 34.5 Å². The summed E-state index contributed by atoms with van der Waals surface area (Å²) < 4.78 is 27.0. The zero-order valence-corrected chi connectivity index (χ0v) is 24.4. The molecule has 1 N–H and O–H groups in total. The Balaban J connectivity index is 1.93. The SMILES string of the molecule is C=C1C(C#N)=C(N(C)C2CCC(C(=N/OC(C)(C)C)/C(=C/C(C)C)NC(F)F)CC2)c2nc(C#N)ccc2N1C. The average Bonchev–Trinajstić information content (AvgIpc) is 2.89. The second kappa shape index (κ2) is 12.5. The number of hydrogen-bond acceptors (Lipinski definition) is 8. The summed E-state index contributed by atoms with van der Waals surface area (Å²) >= 11 is 0. The molecular weight excluding hydrogens is 512 g/mol. The smallest absolute Gasteiger partial charge is 0.313 e. The van der Waals surface area contributed by atoms with Gasteiger partial charge in [-0.3, -0.25) is 0 Å². The van der Waals surface area contributed by atoms with Crippen molar-refractivity contribution >= 4 is 17.1 Å². The van der Waals surface area contributed by atoms with Gasteiger partial charge in [-0.05, 0) is 64.5 Å². The minimum absolute atomic E-state index is 0.0308. The van der Waals surface area contributed by atoms with Crippen molar-refractivity contribution in [1.82, 2.24) is 15.2 Å². The van der Waals surface area contributed by atoms with E-state index in [9.17, 15) is 19.3 Å². The van der Waals surface area contributed by atoms with E-state index in [0.29, 0.717) is 46.9 Å². The molecule has 1 aliphatic heterocycles. The molecule has 0 amide bonds. The van der Waals surface area contributed by atoms with Crippen molar-refractivity contribution in [1.29, 1.82) is 10.5 Å². The molecule has 0 saturated heterocycles. The number of rotatable bonds is 8. The Hall–Kier alpha value is -3.92. The predicted octanol–water partition coefficient (Wildman–Crippen LogP) is 6.17. The van der Waals surface area contributed by atoms with Crippen LogP contribution in [0.1, 0.15) is 71.7 Å². The fourth-order valence-corrected chi connectivity index (χ4v) is 5.10. The summed E-state index contributed by atoms with van der Waals surface area (Å²) in [6.07, 6.45) is 4.61. The van der Waals surface area contributed by atoms with E-state index < -0.39 is 12.2 Å². The van der Waals surface area contributed by atoms with E-state index in [4.69, 9.17) is 4.84 Å². The zero-order valence-electron chi connectivity index (χ0n) is 24.4.